The smallest absolute Gasteiger partial charge is 0.262 e. The molecule has 1 aromatic rings. The first-order valence-corrected chi connectivity index (χ1v) is 9.33. The topological polar surface area (TPSA) is 108 Å². The third kappa shape index (κ3) is 2.73. The number of benzene rings is 1. The molecular formula is C19H22N4O5. The van der Waals surface area contributed by atoms with Crippen molar-refractivity contribution in [2.24, 2.45) is 0 Å². The Morgan fingerprint density at radius 3 is 2.46 bits per heavy atom. The molecule has 2 saturated heterocycles. The average Bonchev–Trinajstić information content (AvgIpc) is 2.93. The number of hydrogen-bond acceptors (Lipinski definition) is 7. The van der Waals surface area contributed by atoms with Gasteiger partial charge < -0.3 is 15.0 Å². The number of imide groups is 2. The molecule has 148 valence electrons. The molecule has 0 bridgehead atoms. The molecule has 9 heteroatoms. The zero-order chi connectivity index (χ0) is 20.0. The molecule has 3 heterocycles. The predicted molar refractivity (Wildman–Crippen MR) is 99.5 cm³/mol. The van der Waals surface area contributed by atoms with Crippen LogP contribution in [0.5, 0.6) is 5.75 Å². The number of anilines is 1. The molecule has 0 saturated carbocycles. The van der Waals surface area contributed by atoms with E-state index < -0.39 is 29.7 Å². The minimum Gasteiger partial charge on any atom is -0.495 e. The fourth-order valence-corrected chi connectivity index (χ4v) is 4.21. The number of ether oxygens (including phenoxy) is 1. The van der Waals surface area contributed by atoms with Gasteiger partial charge in [0.25, 0.3) is 11.8 Å². The van der Waals surface area contributed by atoms with Crippen LogP contribution >= 0.6 is 0 Å². The van der Waals surface area contributed by atoms with Crippen LogP contribution in [0.15, 0.2) is 6.07 Å². The van der Waals surface area contributed by atoms with E-state index in [2.05, 4.69) is 15.5 Å². The number of carbonyl (C=O) groups is 4. The average molecular weight is 386 g/mol. The lowest BCUT2D eigenvalue weighted by Crippen LogP contribution is -2.54. The largest absolute Gasteiger partial charge is 0.495 e. The maximum Gasteiger partial charge on any atom is 0.262 e. The van der Waals surface area contributed by atoms with E-state index in [0.29, 0.717) is 16.9 Å². The zero-order valence-electron chi connectivity index (χ0n) is 15.8. The van der Waals surface area contributed by atoms with Crippen LogP contribution in [0.1, 0.15) is 39.1 Å². The molecule has 3 aliphatic heterocycles. The second-order valence-electron chi connectivity index (χ2n) is 7.16. The fourth-order valence-electron chi connectivity index (χ4n) is 4.21. The molecule has 0 spiro atoms. The van der Waals surface area contributed by atoms with E-state index >= 15 is 0 Å². The monoisotopic (exact) mass is 386 g/mol. The molecule has 4 rings (SSSR count). The van der Waals surface area contributed by atoms with Crippen molar-refractivity contribution in [2.75, 3.05) is 38.2 Å². The first kappa shape index (κ1) is 18.4. The van der Waals surface area contributed by atoms with Gasteiger partial charge in [-0.15, -0.1) is 0 Å². The molecular weight excluding hydrogens is 364 g/mol. The molecule has 28 heavy (non-hydrogen) atoms. The van der Waals surface area contributed by atoms with Crippen molar-refractivity contribution in [3.8, 4) is 5.75 Å². The molecule has 0 aromatic heterocycles. The van der Waals surface area contributed by atoms with Crippen molar-refractivity contribution in [1.29, 1.82) is 0 Å². The predicted octanol–water partition coefficient (Wildman–Crippen LogP) is -0.186. The molecule has 2 N–H and O–H groups in total. The van der Waals surface area contributed by atoms with Crippen molar-refractivity contribution < 1.29 is 23.9 Å². The number of hydrogen-bond donors (Lipinski definition) is 2. The number of methoxy groups -OCH3 is 1. The molecule has 2 fully saturated rings. The van der Waals surface area contributed by atoms with Crippen molar-refractivity contribution in [3.05, 3.63) is 22.8 Å². The van der Waals surface area contributed by atoms with Crippen LogP contribution < -0.4 is 20.3 Å². The summed E-state index contributed by atoms with van der Waals surface area (Å²) in [5.41, 5.74) is 2.02. The summed E-state index contributed by atoms with van der Waals surface area (Å²) in [6.45, 7) is 4.95. The number of nitrogens with zero attached hydrogens (tertiary/aromatic N) is 2. The molecule has 1 atom stereocenters. The number of rotatable bonds is 3. The summed E-state index contributed by atoms with van der Waals surface area (Å²) in [7, 11) is 1.53. The maximum atomic E-state index is 13.2. The Morgan fingerprint density at radius 2 is 1.82 bits per heavy atom. The highest BCUT2D eigenvalue weighted by molar-refractivity contribution is 6.24. The number of nitrogens with one attached hydrogen (secondary N) is 2. The van der Waals surface area contributed by atoms with E-state index in [1.807, 2.05) is 0 Å². The fraction of sp³-hybridized carbons (Fsp3) is 0.474. The number of fused-ring (bicyclic) bond motifs is 1. The summed E-state index contributed by atoms with van der Waals surface area (Å²) in [5, 5.41) is 5.49. The van der Waals surface area contributed by atoms with Crippen molar-refractivity contribution in [2.45, 2.75) is 25.8 Å². The van der Waals surface area contributed by atoms with Gasteiger partial charge in [-0.05, 0) is 25.0 Å². The summed E-state index contributed by atoms with van der Waals surface area (Å²) < 4.78 is 5.54. The molecule has 1 unspecified atom stereocenters. The summed E-state index contributed by atoms with van der Waals surface area (Å²) in [6, 6.07) is 0.615. The highest BCUT2D eigenvalue weighted by Gasteiger charge is 2.46. The van der Waals surface area contributed by atoms with Gasteiger partial charge in [0, 0.05) is 32.6 Å². The van der Waals surface area contributed by atoms with E-state index in [-0.39, 0.29) is 18.4 Å². The second kappa shape index (κ2) is 6.90. The summed E-state index contributed by atoms with van der Waals surface area (Å²) in [5.74, 6) is -1.49. The van der Waals surface area contributed by atoms with E-state index in [9.17, 15) is 19.2 Å². The standard InChI is InChI=1S/C19H22N4O5/c1-10-15-11(9-13(28-2)16(10)22-7-5-20-6-8-22)18(26)23(19(15)27)12-3-4-14(24)21-17(12)25/h9,12,20H,3-8H2,1-2H3,(H,21,24,25). The quantitative estimate of drug-likeness (QED) is 0.694. The Hall–Kier alpha value is -2.94. The lowest BCUT2D eigenvalue weighted by atomic mass is 9.99. The van der Waals surface area contributed by atoms with Gasteiger partial charge >= 0.3 is 0 Å². The van der Waals surface area contributed by atoms with Crippen molar-refractivity contribution in [1.82, 2.24) is 15.5 Å². The van der Waals surface area contributed by atoms with Gasteiger partial charge in [-0.1, -0.05) is 0 Å². The Bertz CT molecular complexity index is 891. The van der Waals surface area contributed by atoms with Gasteiger partial charge in [-0.3, -0.25) is 29.4 Å². The van der Waals surface area contributed by atoms with Crippen LogP contribution in [0.2, 0.25) is 0 Å². The zero-order valence-corrected chi connectivity index (χ0v) is 15.8. The van der Waals surface area contributed by atoms with Crippen LogP contribution in [0.3, 0.4) is 0 Å². The van der Waals surface area contributed by atoms with Crippen LogP contribution in [-0.4, -0.2) is 67.9 Å². The Balaban J connectivity index is 1.76. The Kier molecular flexibility index (Phi) is 4.54. The highest BCUT2D eigenvalue weighted by Crippen LogP contribution is 2.41. The number of amides is 4. The maximum absolute atomic E-state index is 13.2. The van der Waals surface area contributed by atoms with Crippen molar-refractivity contribution >= 4 is 29.3 Å². The third-order valence-corrected chi connectivity index (χ3v) is 5.57. The van der Waals surface area contributed by atoms with E-state index in [0.717, 1.165) is 36.8 Å². The Morgan fingerprint density at radius 1 is 1.11 bits per heavy atom. The summed E-state index contributed by atoms with van der Waals surface area (Å²) >= 11 is 0. The molecule has 0 aliphatic carbocycles. The number of piperazine rings is 1. The van der Waals surface area contributed by atoms with Gasteiger partial charge in [-0.2, -0.15) is 0 Å². The summed E-state index contributed by atoms with van der Waals surface area (Å²) in [6.07, 6.45) is 0.231. The van der Waals surface area contributed by atoms with E-state index in [1.165, 1.54) is 7.11 Å². The minimum absolute atomic E-state index is 0.0954. The number of piperidine rings is 1. The highest BCUT2D eigenvalue weighted by atomic mass is 16.5. The van der Waals surface area contributed by atoms with Gasteiger partial charge in [0.2, 0.25) is 11.8 Å². The van der Waals surface area contributed by atoms with E-state index in [1.54, 1.807) is 13.0 Å². The minimum atomic E-state index is -0.974. The van der Waals surface area contributed by atoms with Crippen LogP contribution in [0, 0.1) is 6.92 Å². The molecule has 9 nitrogen and oxygen atoms in total. The Labute approximate surface area is 162 Å². The molecule has 1 aromatic carbocycles. The first-order valence-electron chi connectivity index (χ1n) is 9.33. The molecule has 3 aliphatic rings. The van der Waals surface area contributed by atoms with Gasteiger partial charge in [0.15, 0.2) is 0 Å². The molecule has 4 amide bonds. The number of carbonyl (C=O) groups excluding carboxylic acids is 4. The molecule has 0 radical (unpaired) electrons. The first-order chi connectivity index (χ1) is 13.4. The van der Waals surface area contributed by atoms with Crippen molar-refractivity contribution in [3.63, 3.8) is 0 Å². The van der Waals surface area contributed by atoms with Gasteiger partial charge in [0.05, 0.1) is 23.9 Å². The summed E-state index contributed by atoms with van der Waals surface area (Å²) in [4.78, 5) is 52.9. The van der Waals surface area contributed by atoms with Gasteiger partial charge in [0.1, 0.15) is 11.8 Å². The van der Waals surface area contributed by atoms with Crippen LogP contribution in [0.25, 0.3) is 0 Å². The third-order valence-electron chi connectivity index (χ3n) is 5.57. The van der Waals surface area contributed by atoms with Crippen LogP contribution in [-0.2, 0) is 9.59 Å². The lowest BCUT2D eigenvalue weighted by Gasteiger charge is -2.32. The normalized spacial score (nSPS) is 22.4. The van der Waals surface area contributed by atoms with Crippen LogP contribution in [0.4, 0.5) is 5.69 Å². The van der Waals surface area contributed by atoms with Gasteiger partial charge in [-0.25, -0.2) is 0 Å². The van der Waals surface area contributed by atoms with E-state index in [4.69, 9.17) is 4.74 Å². The lowest BCUT2D eigenvalue weighted by molar-refractivity contribution is -0.136. The second-order valence-corrected chi connectivity index (χ2v) is 7.16. The SMILES string of the molecule is COc1cc2c(c(C)c1N1CCNCC1)C(=O)N(C1CCC(=O)NC1=O)C2=O.